The molecule has 2 rings (SSSR count). The average Bonchev–Trinajstić information content (AvgIpc) is 3.15. The number of hydrogen-bond donors (Lipinski definition) is 0. The number of amides is 1. The van der Waals surface area contributed by atoms with E-state index in [0.29, 0.717) is 11.8 Å². The first-order valence-corrected chi connectivity index (χ1v) is 6.79. The van der Waals surface area contributed by atoms with Crippen LogP contribution in [-0.4, -0.2) is 47.9 Å². The van der Waals surface area contributed by atoms with E-state index in [9.17, 15) is 4.79 Å². The molecule has 16 heavy (non-hydrogen) atoms. The van der Waals surface area contributed by atoms with Crippen molar-refractivity contribution in [3.05, 3.63) is 0 Å². The molecule has 1 saturated carbocycles. The van der Waals surface area contributed by atoms with Crippen LogP contribution in [0.4, 0.5) is 0 Å². The first-order valence-electron chi connectivity index (χ1n) is 6.79. The zero-order valence-electron chi connectivity index (χ0n) is 10.6. The van der Waals surface area contributed by atoms with Crippen molar-refractivity contribution < 1.29 is 4.79 Å². The van der Waals surface area contributed by atoms with Crippen LogP contribution in [0.2, 0.25) is 0 Å². The molecule has 0 bridgehead atoms. The van der Waals surface area contributed by atoms with Gasteiger partial charge in [-0.25, -0.2) is 0 Å². The first-order chi connectivity index (χ1) is 7.76. The van der Waals surface area contributed by atoms with E-state index in [0.717, 1.165) is 45.1 Å². The number of likely N-dealkylation sites (tertiary alicyclic amines) is 1. The highest BCUT2D eigenvalue weighted by Gasteiger charge is 2.34. The third-order valence-electron chi connectivity index (χ3n) is 4.02. The number of rotatable bonds is 4. The van der Waals surface area contributed by atoms with Crippen molar-refractivity contribution in [2.24, 2.45) is 5.92 Å². The molecule has 2 fully saturated rings. The summed E-state index contributed by atoms with van der Waals surface area (Å²) >= 11 is 0. The smallest absolute Gasteiger partial charge is 0.225 e. The van der Waals surface area contributed by atoms with Gasteiger partial charge in [0.15, 0.2) is 0 Å². The highest BCUT2D eigenvalue weighted by molar-refractivity contribution is 5.78. The fraction of sp³-hybridized carbons (Fsp3) is 0.923. The highest BCUT2D eigenvalue weighted by atomic mass is 16.2. The number of carbonyl (C=O) groups excluding carboxylic acids is 1. The van der Waals surface area contributed by atoms with E-state index in [-0.39, 0.29) is 0 Å². The summed E-state index contributed by atoms with van der Waals surface area (Å²) in [5.41, 5.74) is 0. The summed E-state index contributed by atoms with van der Waals surface area (Å²) in [6.45, 7) is 8.14. The molecule has 3 heteroatoms. The maximum absolute atomic E-state index is 12.2. The van der Waals surface area contributed by atoms with Gasteiger partial charge < -0.3 is 9.80 Å². The van der Waals surface area contributed by atoms with Gasteiger partial charge in [-0.1, -0.05) is 0 Å². The number of hydrogen-bond acceptors (Lipinski definition) is 2. The Bertz CT molecular complexity index is 238. The van der Waals surface area contributed by atoms with E-state index >= 15 is 0 Å². The number of nitrogens with zero attached hydrogens (tertiary/aromatic N) is 2. The second-order valence-corrected chi connectivity index (χ2v) is 5.05. The van der Waals surface area contributed by atoms with Crippen molar-refractivity contribution >= 4 is 5.91 Å². The lowest BCUT2D eigenvalue weighted by Gasteiger charge is -2.33. The van der Waals surface area contributed by atoms with Crippen LogP contribution in [0.25, 0.3) is 0 Å². The predicted octanol–water partition coefficient (Wildman–Crippen LogP) is 1.73. The van der Waals surface area contributed by atoms with Crippen LogP contribution in [0.3, 0.4) is 0 Å². The van der Waals surface area contributed by atoms with Crippen LogP contribution in [-0.2, 0) is 4.79 Å². The third-order valence-corrected chi connectivity index (χ3v) is 4.02. The van der Waals surface area contributed by atoms with Crippen LogP contribution < -0.4 is 0 Å². The van der Waals surface area contributed by atoms with Gasteiger partial charge in [0.25, 0.3) is 0 Å². The van der Waals surface area contributed by atoms with E-state index in [1.54, 1.807) is 0 Å². The molecule has 1 aliphatic heterocycles. The Morgan fingerprint density at radius 1 is 1.12 bits per heavy atom. The van der Waals surface area contributed by atoms with Crippen molar-refractivity contribution in [1.29, 1.82) is 0 Å². The summed E-state index contributed by atoms with van der Waals surface area (Å²) in [7, 11) is 0. The highest BCUT2D eigenvalue weighted by Crippen LogP contribution is 2.31. The van der Waals surface area contributed by atoms with Gasteiger partial charge in [0.05, 0.1) is 0 Å². The Morgan fingerprint density at radius 2 is 1.69 bits per heavy atom. The topological polar surface area (TPSA) is 23.6 Å². The van der Waals surface area contributed by atoms with E-state index in [1.807, 2.05) is 4.90 Å². The van der Waals surface area contributed by atoms with E-state index < -0.39 is 0 Å². The second-order valence-electron chi connectivity index (χ2n) is 5.05. The van der Waals surface area contributed by atoms with Crippen LogP contribution in [0, 0.1) is 5.92 Å². The molecule has 0 aromatic carbocycles. The van der Waals surface area contributed by atoms with E-state index in [1.165, 1.54) is 12.8 Å². The zero-order chi connectivity index (χ0) is 11.5. The minimum Gasteiger partial charge on any atom is -0.343 e. The quantitative estimate of drug-likeness (QED) is 0.726. The SMILES string of the molecule is CCN(CC)C(=O)C1CCN(C2CC2)CC1. The molecule has 1 saturated heterocycles. The summed E-state index contributed by atoms with van der Waals surface area (Å²) in [6.07, 6.45) is 4.92. The Morgan fingerprint density at radius 3 is 2.12 bits per heavy atom. The second kappa shape index (κ2) is 5.17. The molecule has 0 spiro atoms. The molecule has 0 aromatic heterocycles. The lowest BCUT2D eigenvalue weighted by Crippen LogP contribution is -2.43. The fourth-order valence-corrected chi connectivity index (χ4v) is 2.74. The molecule has 3 nitrogen and oxygen atoms in total. The van der Waals surface area contributed by atoms with Crippen LogP contribution >= 0.6 is 0 Å². The molecule has 0 radical (unpaired) electrons. The molecule has 1 heterocycles. The van der Waals surface area contributed by atoms with E-state index in [4.69, 9.17) is 0 Å². The van der Waals surface area contributed by atoms with Gasteiger partial charge in [-0.3, -0.25) is 4.79 Å². The van der Waals surface area contributed by atoms with Crippen molar-refractivity contribution in [3.8, 4) is 0 Å². The van der Waals surface area contributed by atoms with Gasteiger partial charge in [0.2, 0.25) is 5.91 Å². The molecular weight excluding hydrogens is 200 g/mol. The summed E-state index contributed by atoms with van der Waals surface area (Å²) in [5.74, 6) is 0.690. The maximum atomic E-state index is 12.2. The van der Waals surface area contributed by atoms with Crippen molar-refractivity contribution in [2.45, 2.75) is 45.6 Å². The van der Waals surface area contributed by atoms with Crippen molar-refractivity contribution in [1.82, 2.24) is 9.80 Å². The van der Waals surface area contributed by atoms with Gasteiger partial charge in [0.1, 0.15) is 0 Å². The molecule has 0 unspecified atom stereocenters. The van der Waals surface area contributed by atoms with Crippen molar-refractivity contribution in [3.63, 3.8) is 0 Å². The Kier molecular flexibility index (Phi) is 3.85. The molecule has 0 atom stereocenters. The standard InChI is InChI=1S/C13H24N2O/c1-3-14(4-2)13(16)11-7-9-15(10-8-11)12-5-6-12/h11-12H,3-10H2,1-2H3. The first kappa shape index (κ1) is 11.9. The van der Waals surface area contributed by atoms with Gasteiger partial charge in [0, 0.05) is 25.0 Å². The lowest BCUT2D eigenvalue weighted by molar-refractivity contribution is -0.136. The minimum atomic E-state index is 0.301. The van der Waals surface area contributed by atoms with E-state index in [2.05, 4.69) is 18.7 Å². The normalized spacial score (nSPS) is 23.4. The summed E-state index contributed by atoms with van der Waals surface area (Å²) < 4.78 is 0. The van der Waals surface area contributed by atoms with Crippen LogP contribution in [0.15, 0.2) is 0 Å². The zero-order valence-corrected chi connectivity index (χ0v) is 10.6. The molecule has 0 N–H and O–H groups in total. The lowest BCUT2D eigenvalue weighted by atomic mass is 9.95. The Labute approximate surface area is 98.8 Å². The van der Waals surface area contributed by atoms with Crippen molar-refractivity contribution in [2.75, 3.05) is 26.2 Å². The molecule has 1 aliphatic carbocycles. The molecule has 1 amide bonds. The monoisotopic (exact) mass is 224 g/mol. The maximum Gasteiger partial charge on any atom is 0.225 e. The molecular formula is C13H24N2O. The minimum absolute atomic E-state index is 0.301. The fourth-order valence-electron chi connectivity index (χ4n) is 2.74. The number of piperidine rings is 1. The van der Waals surface area contributed by atoms with Crippen LogP contribution in [0.5, 0.6) is 0 Å². The summed E-state index contributed by atoms with van der Waals surface area (Å²) in [4.78, 5) is 16.7. The van der Waals surface area contributed by atoms with Gasteiger partial charge in [-0.05, 0) is 52.6 Å². The Hall–Kier alpha value is -0.570. The average molecular weight is 224 g/mol. The molecule has 92 valence electrons. The molecule has 2 aliphatic rings. The molecule has 0 aromatic rings. The van der Waals surface area contributed by atoms with Gasteiger partial charge in [-0.2, -0.15) is 0 Å². The van der Waals surface area contributed by atoms with Gasteiger partial charge >= 0.3 is 0 Å². The number of carbonyl (C=O) groups is 1. The summed E-state index contributed by atoms with van der Waals surface area (Å²) in [6, 6.07) is 0.865. The van der Waals surface area contributed by atoms with Crippen LogP contribution in [0.1, 0.15) is 39.5 Å². The third kappa shape index (κ3) is 2.57. The Balaban J connectivity index is 1.80. The summed E-state index contributed by atoms with van der Waals surface area (Å²) in [5, 5.41) is 0. The van der Waals surface area contributed by atoms with Gasteiger partial charge in [-0.15, -0.1) is 0 Å². The largest absolute Gasteiger partial charge is 0.343 e. The predicted molar refractivity (Wildman–Crippen MR) is 65.2 cm³/mol.